The summed E-state index contributed by atoms with van der Waals surface area (Å²) in [6.07, 6.45) is -3.03. The highest BCUT2D eigenvalue weighted by atomic mass is 32.7. The van der Waals surface area contributed by atoms with Crippen molar-refractivity contribution in [3.8, 4) is 0 Å². The topological polar surface area (TPSA) is 204 Å². The van der Waals surface area contributed by atoms with E-state index in [2.05, 4.69) is 20.0 Å². The SMILES string of the molecule is C[C@@H](OC(=O)[C@H]1CS[P@](=O)(OC[C@H]2O[C@@H](n3cnc4c(=O)[nH]c(N)nc43)[C@](C)(O)[C@@H]2O)N1)c1ccccc1. The maximum atomic E-state index is 13.2. The Morgan fingerprint density at radius 2 is 2.16 bits per heavy atom. The highest BCUT2D eigenvalue weighted by molar-refractivity contribution is 8.56. The first-order chi connectivity index (χ1) is 18.0. The van der Waals surface area contributed by atoms with E-state index in [1.807, 2.05) is 30.3 Å². The van der Waals surface area contributed by atoms with Gasteiger partial charge < -0.3 is 29.9 Å². The molecule has 2 fully saturated rings. The zero-order chi connectivity index (χ0) is 27.2. The summed E-state index contributed by atoms with van der Waals surface area (Å²) >= 11 is 0.937. The standard InChI is InChI=1S/C22H27N6O8PS/c1-11(12-6-4-3-5-7-12)35-19(31)13-9-38-37(33,27-13)34-8-14-16(29)22(2,32)20(36-14)28-10-24-15-17(28)25-21(23)26-18(15)30/h3-7,10-11,13-14,16,20,29,32H,8-9H2,1-2H3,(H,27,33)(H3,23,25,26,30)/t11-,13-,14-,16-,20-,22-,37-/m1/s1. The van der Waals surface area contributed by atoms with Crippen LogP contribution >= 0.6 is 18.1 Å². The molecule has 2 aromatic heterocycles. The average molecular weight is 567 g/mol. The number of benzene rings is 1. The lowest BCUT2D eigenvalue weighted by Crippen LogP contribution is -2.44. The number of ether oxygens (including phenoxy) is 2. The molecule has 1 aromatic carbocycles. The molecule has 6 N–H and O–H groups in total. The number of nitrogens with one attached hydrogen (secondary N) is 2. The van der Waals surface area contributed by atoms with Gasteiger partial charge in [-0.2, -0.15) is 4.98 Å². The number of imidazole rings is 1. The number of nitrogens with two attached hydrogens (primary N) is 1. The number of anilines is 1. The van der Waals surface area contributed by atoms with Gasteiger partial charge in [-0.3, -0.25) is 23.7 Å². The fourth-order valence-electron chi connectivity index (χ4n) is 4.35. The highest BCUT2D eigenvalue weighted by Crippen LogP contribution is 2.61. The summed E-state index contributed by atoms with van der Waals surface area (Å²) in [7, 11) is 0. The van der Waals surface area contributed by atoms with Crippen LogP contribution in [-0.2, 0) is 23.4 Å². The fraction of sp³-hybridized carbons (Fsp3) is 0.455. The third-order valence-corrected chi connectivity index (χ3v) is 10.5. The van der Waals surface area contributed by atoms with E-state index >= 15 is 0 Å². The molecule has 3 aromatic rings. The minimum atomic E-state index is -3.55. The monoisotopic (exact) mass is 566 g/mol. The van der Waals surface area contributed by atoms with Crippen molar-refractivity contribution in [2.75, 3.05) is 18.1 Å². The van der Waals surface area contributed by atoms with Crippen LogP contribution in [0, 0.1) is 0 Å². The molecular weight excluding hydrogens is 539 g/mol. The Hall–Kier alpha value is -2.78. The molecule has 0 amide bonds. The van der Waals surface area contributed by atoms with Crippen molar-refractivity contribution in [1.82, 2.24) is 24.6 Å². The number of H-pyrrole nitrogens is 1. The predicted molar refractivity (Wildman–Crippen MR) is 137 cm³/mol. The second kappa shape index (κ2) is 10.1. The van der Waals surface area contributed by atoms with Crippen molar-refractivity contribution in [3.63, 3.8) is 0 Å². The van der Waals surface area contributed by atoms with Crippen LogP contribution in [0.25, 0.3) is 11.2 Å². The van der Waals surface area contributed by atoms with Gasteiger partial charge in [-0.05, 0) is 19.4 Å². The van der Waals surface area contributed by atoms with Gasteiger partial charge in [0.2, 0.25) is 5.95 Å². The zero-order valence-corrected chi connectivity index (χ0v) is 22.1. The van der Waals surface area contributed by atoms with Crippen molar-refractivity contribution < 1.29 is 33.6 Å². The third kappa shape index (κ3) is 4.98. The summed E-state index contributed by atoms with van der Waals surface area (Å²) in [5, 5.41) is 24.5. The van der Waals surface area contributed by atoms with Gasteiger partial charge in [0.05, 0.1) is 12.9 Å². The van der Waals surface area contributed by atoms with E-state index in [-0.39, 0.29) is 29.5 Å². The first kappa shape index (κ1) is 26.8. The van der Waals surface area contributed by atoms with Gasteiger partial charge in [0.15, 0.2) is 17.4 Å². The number of aliphatic hydroxyl groups is 2. The number of aromatic nitrogens is 4. The third-order valence-electron chi connectivity index (χ3n) is 6.44. The number of rotatable bonds is 7. The molecule has 16 heteroatoms. The van der Waals surface area contributed by atoms with E-state index in [4.69, 9.17) is 19.7 Å². The number of carbonyl (C=O) groups is 1. The van der Waals surface area contributed by atoms with Crippen LogP contribution in [0.1, 0.15) is 31.7 Å². The number of aliphatic hydroxyl groups excluding tert-OH is 1. The van der Waals surface area contributed by atoms with Gasteiger partial charge in [0.1, 0.15) is 30.0 Å². The smallest absolute Gasteiger partial charge is 0.327 e. The molecule has 0 aliphatic carbocycles. The van der Waals surface area contributed by atoms with E-state index in [0.29, 0.717) is 0 Å². The molecule has 4 heterocycles. The van der Waals surface area contributed by atoms with Crippen LogP contribution in [0.4, 0.5) is 5.95 Å². The molecule has 7 atom stereocenters. The number of fused-ring (bicyclic) bond motifs is 1. The minimum absolute atomic E-state index is 0.0247. The van der Waals surface area contributed by atoms with E-state index in [1.165, 1.54) is 17.8 Å². The number of nitrogen functional groups attached to an aromatic ring is 1. The normalized spacial score (nSPS) is 32.0. The molecular formula is C22H27N6O8PS. The maximum Gasteiger partial charge on any atom is 0.327 e. The Kier molecular flexibility index (Phi) is 7.11. The second-order valence-electron chi connectivity index (χ2n) is 9.23. The van der Waals surface area contributed by atoms with Crippen molar-refractivity contribution >= 4 is 41.2 Å². The maximum absolute atomic E-state index is 13.2. The van der Waals surface area contributed by atoms with Gasteiger partial charge in [-0.1, -0.05) is 41.7 Å². The van der Waals surface area contributed by atoms with Crippen molar-refractivity contribution in [2.24, 2.45) is 0 Å². The lowest BCUT2D eigenvalue weighted by molar-refractivity contribution is -0.150. The van der Waals surface area contributed by atoms with E-state index in [9.17, 15) is 24.4 Å². The first-order valence-electron chi connectivity index (χ1n) is 11.7. The van der Waals surface area contributed by atoms with Crippen LogP contribution < -0.4 is 16.4 Å². The Bertz CT molecular complexity index is 1450. The summed E-state index contributed by atoms with van der Waals surface area (Å²) in [6.45, 7) is -0.825. The first-order valence-corrected chi connectivity index (χ1v) is 14.9. The zero-order valence-electron chi connectivity index (χ0n) is 20.4. The fourth-order valence-corrected chi connectivity index (χ4v) is 8.23. The van der Waals surface area contributed by atoms with E-state index < -0.39 is 54.4 Å². The van der Waals surface area contributed by atoms with Crippen LogP contribution in [0.5, 0.6) is 0 Å². The number of aromatic amines is 1. The Labute approximate surface area is 220 Å². The molecule has 0 bridgehead atoms. The van der Waals surface area contributed by atoms with Crippen LogP contribution in [0.2, 0.25) is 0 Å². The molecule has 5 rings (SSSR count). The molecule has 2 aliphatic heterocycles. The van der Waals surface area contributed by atoms with Crippen molar-refractivity contribution in [3.05, 3.63) is 52.6 Å². The Morgan fingerprint density at radius 1 is 1.42 bits per heavy atom. The number of esters is 1. The van der Waals surface area contributed by atoms with E-state index in [0.717, 1.165) is 16.9 Å². The molecule has 2 saturated heterocycles. The molecule has 2 aliphatic rings. The lowest BCUT2D eigenvalue weighted by Gasteiger charge is -2.27. The summed E-state index contributed by atoms with van der Waals surface area (Å²) in [5.41, 5.74) is 4.07. The summed E-state index contributed by atoms with van der Waals surface area (Å²) in [5.74, 6) is -0.561. The predicted octanol–water partition coefficient (Wildman–Crippen LogP) is 0.845. The number of nitrogens with zero attached hydrogens (tertiary/aromatic N) is 3. The molecule has 0 radical (unpaired) electrons. The molecule has 0 unspecified atom stereocenters. The average Bonchev–Trinajstić information content (AvgIpc) is 3.54. The quantitative estimate of drug-likeness (QED) is 0.199. The number of hydrogen-bond acceptors (Lipinski definition) is 12. The van der Waals surface area contributed by atoms with Crippen LogP contribution in [-0.4, -0.2) is 71.9 Å². The molecule has 0 spiro atoms. The number of hydrogen-bond donors (Lipinski definition) is 5. The minimum Gasteiger partial charge on any atom is -0.457 e. The highest BCUT2D eigenvalue weighted by Gasteiger charge is 2.54. The van der Waals surface area contributed by atoms with Crippen LogP contribution in [0.15, 0.2) is 41.5 Å². The Balaban J connectivity index is 1.23. The lowest BCUT2D eigenvalue weighted by atomic mass is 9.96. The summed E-state index contributed by atoms with van der Waals surface area (Å²) in [6, 6.07) is 8.37. The molecule has 14 nitrogen and oxygen atoms in total. The van der Waals surface area contributed by atoms with E-state index in [1.54, 1.807) is 6.92 Å². The molecule has 204 valence electrons. The van der Waals surface area contributed by atoms with Gasteiger partial charge in [-0.25, -0.2) is 10.1 Å². The second-order valence-corrected chi connectivity index (χ2v) is 13.6. The Morgan fingerprint density at radius 3 is 2.89 bits per heavy atom. The van der Waals surface area contributed by atoms with Gasteiger partial charge in [-0.15, -0.1) is 0 Å². The molecule has 0 saturated carbocycles. The van der Waals surface area contributed by atoms with Gasteiger partial charge >= 0.3 is 12.7 Å². The number of carbonyl (C=O) groups excluding carboxylic acids is 1. The van der Waals surface area contributed by atoms with Crippen molar-refractivity contribution in [2.45, 2.75) is 50.0 Å². The summed E-state index contributed by atoms with van der Waals surface area (Å²) in [4.78, 5) is 35.1. The molecule has 38 heavy (non-hydrogen) atoms. The largest absolute Gasteiger partial charge is 0.457 e. The van der Waals surface area contributed by atoms with Gasteiger partial charge in [0.25, 0.3) is 5.56 Å². The van der Waals surface area contributed by atoms with Crippen molar-refractivity contribution in [1.29, 1.82) is 0 Å². The van der Waals surface area contributed by atoms with Crippen LogP contribution in [0.3, 0.4) is 0 Å². The van der Waals surface area contributed by atoms with Gasteiger partial charge in [0, 0.05) is 5.75 Å². The summed E-state index contributed by atoms with van der Waals surface area (Å²) < 4.78 is 31.5.